The summed E-state index contributed by atoms with van der Waals surface area (Å²) in [5, 5.41) is 4.12. The molecule has 3 aliphatic rings. The third-order valence-electron chi connectivity index (χ3n) is 6.87. The number of amides is 1. The molecule has 6 rings (SSSR count). The number of rotatable bonds is 3. The number of piperidine rings is 1. The molecule has 1 atom stereocenters. The third-order valence-corrected chi connectivity index (χ3v) is 6.87. The molecule has 1 spiro atoms. The highest BCUT2D eigenvalue weighted by atomic mass is 16.5. The van der Waals surface area contributed by atoms with Crippen LogP contribution >= 0.6 is 0 Å². The standard InChI is InChI=1S/C24H24N4O2/c29-23(20-13-19(27-30-20)16-7-8-16)28-12-4-10-24(15-28)11-9-18-14-25-22(26-21(18)24)17-5-2-1-3-6-17/h1-3,5-6,13-14,16H,4,7-12,15H2. The number of nitrogens with zero attached hydrogens (tertiary/aromatic N) is 4. The van der Waals surface area contributed by atoms with E-state index in [9.17, 15) is 4.79 Å². The monoisotopic (exact) mass is 400 g/mol. The van der Waals surface area contributed by atoms with Gasteiger partial charge in [-0.2, -0.15) is 0 Å². The molecule has 1 aromatic carbocycles. The highest BCUT2D eigenvalue weighted by Gasteiger charge is 2.45. The summed E-state index contributed by atoms with van der Waals surface area (Å²) >= 11 is 0. The van der Waals surface area contributed by atoms with E-state index in [4.69, 9.17) is 9.51 Å². The van der Waals surface area contributed by atoms with E-state index >= 15 is 0 Å². The summed E-state index contributed by atoms with van der Waals surface area (Å²) in [6, 6.07) is 12.0. The highest BCUT2D eigenvalue weighted by Crippen LogP contribution is 2.45. The van der Waals surface area contributed by atoms with Crippen molar-refractivity contribution in [2.24, 2.45) is 0 Å². The van der Waals surface area contributed by atoms with Gasteiger partial charge in [0.25, 0.3) is 5.91 Å². The van der Waals surface area contributed by atoms with Crippen molar-refractivity contribution in [2.45, 2.75) is 49.9 Å². The van der Waals surface area contributed by atoms with Gasteiger partial charge in [-0.1, -0.05) is 35.5 Å². The van der Waals surface area contributed by atoms with Crippen molar-refractivity contribution < 1.29 is 9.32 Å². The SMILES string of the molecule is O=C(c1cc(C2CC2)no1)N1CCCC2(CCc3cnc(-c4ccccc4)nc32)C1. The number of likely N-dealkylation sites (tertiary alicyclic amines) is 1. The molecule has 30 heavy (non-hydrogen) atoms. The molecule has 2 aromatic heterocycles. The minimum absolute atomic E-state index is 0.0423. The second-order valence-corrected chi connectivity index (χ2v) is 8.93. The van der Waals surface area contributed by atoms with Crippen LogP contribution in [0.4, 0.5) is 0 Å². The number of benzene rings is 1. The van der Waals surface area contributed by atoms with Crippen LogP contribution < -0.4 is 0 Å². The van der Waals surface area contributed by atoms with E-state index in [0.717, 1.165) is 67.8 Å². The van der Waals surface area contributed by atoms with Crippen LogP contribution in [-0.4, -0.2) is 39.0 Å². The molecule has 1 unspecified atom stereocenters. The van der Waals surface area contributed by atoms with Gasteiger partial charge in [0, 0.05) is 42.2 Å². The van der Waals surface area contributed by atoms with Crippen molar-refractivity contribution >= 4 is 5.91 Å². The maximum absolute atomic E-state index is 13.2. The topological polar surface area (TPSA) is 72.1 Å². The average molecular weight is 400 g/mol. The molecule has 1 saturated carbocycles. The first-order chi connectivity index (χ1) is 14.7. The number of aryl methyl sites for hydroxylation is 1. The van der Waals surface area contributed by atoms with Gasteiger partial charge in [0.1, 0.15) is 0 Å². The Balaban J connectivity index is 1.29. The van der Waals surface area contributed by atoms with Gasteiger partial charge in [-0.15, -0.1) is 0 Å². The number of hydrogen-bond donors (Lipinski definition) is 0. The summed E-state index contributed by atoms with van der Waals surface area (Å²) in [5.74, 6) is 1.58. The van der Waals surface area contributed by atoms with Crippen molar-refractivity contribution in [1.82, 2.24) is 20.0 Å². The molecule has 1 saturated heterocycles. The van der Waals surface area contributed by atoms with E-state index in [1.807, 2.05) is 47.5 Å². The summed E-state index contributed by atoms with van der Waals surface area (Å²) < 4.78 is 5.41. The Labute approximate surface area is 175 Å². The van der Waals surface area contributed by atoms with Crippen molar-refractivity contribution in [1.29, 1.82) is 0 Å². The van der Waals surface area contributed by atoms with E-state index in [1.54, 1.807) is 0 Å². The predicted octanol–water partition coefficient (Wildman–Crippen LogP) is 4.13. The molecule has 6 heteroatoms. The number of fused-ring (bicyclic) bond motifs is 2. The predicted molar refractivity (Wildman–Crippen MR) is 111 cm³/mol. The van der Waals surface area contributed by atoms with E-state index in [-0.39, 0.29) is 11.3 Å². The minimum Gasteiger partial charge on any atom is -0.351 e. The zero-order valence-corrected chi connectivity index (χ0v) is 16.9. The van der Waals surface area contributed by atoms with E-state index in [1.165, 1.54) is 5.56 Å². The molecular weight excluding hydrogens is 376 g/mol. The Kier molecular flexibility index (Phi) is 4.01. The molecule has 3 heterocycles. The average Bonchev–Trinajstić information content (AvgIpc) is 3.44. The lowest BCUT2D eigenvalue weighted by molar-refractivity contribution is 0.0592. The second-order valence-electron chi connectivity index (χ2n) is 8.93. The minimum atomic E-state index is -0.0882. The van der Waals surface area contributed by atoms with Gasteiger partial charge < -0.3 is 9.42 Å². The van der Waals surface area contributed by atoms with Gasteiger partial charge in [0.2, 0.25) is 5.76 Å². The summed E-state index contributed by atoms with van der Waals surface area (Å²) in [4.78, 5) is 24.7. The number of carbonyl (C=O) groups excluding carboxylic acids is 1. The first-order valence-corrected chi connectivity index (χ1v) is 10.9. The van der Waals surface area contributed by atoms with E-state index < -0.39 is 0 Å². The fraction of sp³-hybridized carbons (Fsp3) is 0.417. The van der Waals surface area contributed by atoms with Crippen molar-refractivity contribution in [3.63, 3.8) is 0 Å². The van der Waals surface area contributed by atoms with Crippen molar-refractivity contribution in [2.75, 3.05) is 13.1 Å². The summed E-state index contributed by atoms with van der Waals surface area (Å²) in [7, 11) is 0. The number of aromatic nitrogens is 3. The molecule has 2 fully saturated rings. The quantitative estimate of drug-likeness (QED) is 0.661. The molecule has 0 N–H and O–H groups in total. The lowest BCUT2D eigenvalue weighted by atomic mass is 9.77. The second kappa shape index (κ2) is 6.76. The van der Waals surface area contributed by atoms with Gasteiger partial charge in [-0.05, 0) is 44.1 Å². The molecule has 1 aliphatic heterocycles. The zero-order chi connectivity index (χ0) is 20.1. The highest BCUT2D eigenvalue weighted by molar-refractivity contribution is 5.91. The molecular formula is C24H24N4O2. The Hall–Kier alpha value is -3.02. The number of carbonyl (C=O) groups is 1. The first-order valence-electron chi connectivity index (χ1n) is 10.9. The van der Waals surface area contributed by atoms with Crippen LogP contribution in [0.15, 0.2) is 47.1 Å². The normalized spacial score (nSPS) is 23.0. The molecule has 2 aliphatic carbocycles. The molecule has 0 radical (unpaired) electrons. The molecule has 6 nitrogen and oxygen atoms in total. The van der Waals surface area contributed by atoms with Gasteiger partial charge in [0.15, 0.2) is 5.82 Å². The number of hydrogen-bond acceptors (Lipinski definition) is 5. The fourth-order valence-electron chi connectivity index (χ4n) is 5.09. The van der Waals surface area contributed by atoms with Gasteiger partial charge in [0.05, 0.1) is 11.4 Å². The van der Waals surface area contributed by atoms with E-state index in [0.29, 0.717) is 18.2 Å². The first kappa shape index (κ1) is 17.8. The smallest absolute Gasteiger partial charge is 0.292 e. The Morgan fingerprint density at radius 2 is 2.03 bits per heavy atom. The summed E-state index contributed by atoms with van der Waals surface area (Å²) in [6.07, 6.45) is 8.29. The van der Waals surface area contributed by atoms with Crippen LogP contribution in [0.25, 0.3) is 11.4 Å². The van der Waals surface area contributed by atoms with Gasteiger partial charge in [-0.25, -0.2) is 9.97 Å². The zero-order valence-electron chi connectivity index (χ0n) is 16.9. The van der Waals surface area contributed by atoms with Crippen molar-refractivity contribution in [3.8, 4) is 11.4 Å². The molecule has 3 aromatic rings. The van der Waals surface area contributed by atoms with Gasteiger partial charge in [-0.3, -0.25) is 4.79 Å². The molecule has 152 valence electrons. The Morgan fingerprint density at radius 3 is 2.87 bits per heavy atom. The van der Waals surface area contributed by atoms with Gasteiger partial charge >= 0.3 is 0 Å². The lowest BCUT2D eigenvalue weighted by Crippen LogP contribution is -2.47. The van der Waals surface area contributed by atoms with Crippen molar-refractivity contribution in [3.05, 3.63) is 65.3 Å². The Morgan fingerprint density at radius 1 is 1.17 bits per heavy atom. The van der Waals surface area contributed by atoms with Crippen LogP contribution in [0.5, 0.6) is 0 Å². The lowest BCUT2D eigenvalue weighted by Gasteiger charge is -2.40. The van der Waals surface area contributed by atoms with Crippen LogP contribution in [-0.2, 0) is 11.8 Å². The third kappa shape index (κ3) is 2.93. The van der Waals surface area contributed by atoms with Crippen LogP contribution in [0.1, 0.15) is 65.5 Å². The maximum atomic E-state index is 13.2. The summed E-state index contributed by atoms with van der Waals surface area (Å²) in [6.45, 7) is 1.44. The van der Waals surface area contributed by atoms with Crippen LogP contribution in [0, 0.1) is 0 Å². The Bertz CT molecular complexity index is 1100. The summed E-state index contributed by atoms with van der Waals surface area (Å²) in [5.41, 5.74) is 4.22. The van der Waals surface area contributed by atoms with E-state index in [2.05, 4.69) is 10.1 Å². The molecule has 0 bridgehead atoms. The maximum Gasteiger partial charge on any atom is 0.292 e. The van der Waals surface area contributed by atoms with Crippen LogP contribution in [0.2, 0.25) is 0 Å². The fourth-order valence-corrected chi connectivity index (χ4v) is 5.09. The largest absolute Gasteiger partial charge is 0.351 e. The molecule has 1 amide bonds. The van der Waals surface area contributed by atoms with Crippen LogP contribution in [0.3, 0.4) is 0 Å².